The predicted molar refractivity (Wildman–Crippen MR) is 67.9 cm³/mol. The van der Waals surface area contributed by atoms with Crippen LogP contribution in [0.2, 0.25) is 0 Å². The van der Waals surface area contributed by atoms with Crippen LogP contribution in [0, 0.1) is 18.3 Å². The minimum absolute atomic E-state index is 0.0220. The molecule has 102 valence electrons. The van der Waals surface area contributed by atoms with Crippen LogP contribution in [0.4, 0.5) is 0 Å². The molecule has 0 aromatic heterocycles. The molecule has 1 rings (SSSR count). The lowest BCUT2D eigenvalue weighted by Crippen LogP contribution is -2.40. The molecule has 0 heterocycles. The smallest absolute Gasteiger partial charge is 0.321 e. The van der Waals surface area contributed by atoms with Gasteiger partial charge in [-0.15, -0.1) is 0 Å². The van der Waals surface area contributed by atoms with Gasteiger partial charge in [-0.3, -0.25) is 4.79 Å². The van der Waals surface area contributed by atoms with Crippen molar-refractivity contribution in [3.8, 4) is 6.07 Å². The molecule has 7 heteroatoms. The summed E-state index contributed by atoms with van der Waals surface area (Å²) in [5.41, 5.74) is 0.744. The molecule has 19 heavy (non-hydrogen) atoms. The van der Waals surface area contributed by atoms with Crippen molar-refractivity contribution < 1.29 is 18.3 Å². The van der Waals surface area contributed by atoms with E-state index in [1.54, 1.807) is 13.8 Å². The van der Waals surface area contributed by atoms with Crippen LogP contribution in [0.25, 0.3) is 0 Å². The third-order valence-corrected chi connectivity index (χ3v) is 4.23. The molecule has 1 aromatic carbocycles. The molecule has 1 aromatic rings. The van der Waals surface area contributed by atoms with Gasteiger partial charge in [-0.2, -0.15) is 9.98 Å². The highest BCUT2D eigenvalue weighted by Gasteiger charge is 2.25. The van der Waals surface area contributed by atoms with Gasteiger partial charge in [-0.25, -0.2) is 8.42 Å². The number of aryl methyl sites for hydroxylation is 1. The third-order valence-electron chi connectivity index (χ3n) is 2.60. The summed E-state index contributed by atoms with van der Waals surface area (Å²) < 4.78 is 26.3. The van der Waals surface area contributed by atoms with Crippen molar-refractivity contribution in [3.63, 3.8) is 0 Å². The third kappa shape index (κ3) is 3.53. The van der Waals surface area contributed by atoms with E-state index in [0.717, 1.165) is 0 Å². The maximum atomic E-state index is 12.1. The molecule has 0 spiro atoms. The van der Waals surface area contributed by atoms with E-state index < -0.39 is 22.0 Å². The summed E-state index contributed by atoms with van der Waals surface area (Å²) in [6, 6.07) is 4.86. The molecule has 0 aliphatic heterocycles. The molecule has 0 fully saturated rings. The summed E-state index contributed by atoms with van der Waals surface area (Å²) in [5.74, 6) is -1.22. The van der Waals surface area contributed by atoms with E-state index in [1.807, 2.05) is 6.07 Å². The van der Waals surface area contributed by atoms with Gasteiger partial charge in [0.2, 0.25) is 10.0 Å². The molecule has 0 amide bonds. The fourth-order valence-electron chi connectivity index (χ4n) is 1.58. The zero-order valence-electron chi connectivity index (χ0n) is 10.5. The van der Waals surface area contributed by atoms with E-state index in [-0.39, 0.29) is 11.3 Å². The number of aliphatic carboxylic acids is 1. The van der Waals surface area contributed by atoms with Gasteiger partial charge in [0.25, 0.3) is 0 Å². The first kappa shape index (κ1) is 15.1. The summed E-state index contributed by atoms with van der Waals surface area (Å²) in [4.78, 5) is 10.8. The number of nitrogens with zero attached hydrogens (tertiary/aromatic N) is 1. The van der Waals surface area contributed by atoms with E-state index in [0.29, 0.717) is 11.1 Å². The van der Waals surface area contributed by atoms with E-state index in [1.165, 1.54) is 18.2 Å². The molecule has 6 nitrogen and oxygen atoms in total. The Morgan fingerprint density at radius 3 is 2.58 bits per heavy atom. The molecule has 1 atom stereocenters. The van der Waals surface area contributed by atoms with Crippen LogP contribution >= 0.6 is 0 Å². The lowest BCUT2D eigenvalue weighted by atomic mass is 10.2. The number of benzene rings is 1. The Morgan fingerprint density at radius 2 is 2.16 bits per heavy atom. The zero-order valence-corrected chi connectivity index (χ0v) is 11.4. The number of nitrogens with one attached hydrogen (secondary N) is 1. The Kier molecular flexibility index (Phi) is 4.64. The molecule has 0 saturated carbocycles. The Bertz CT molecular complexity index is 632. The maximum absolute atomic E-state index is 12.1. The highest BCUT2D eigenvalue weighted by molar-refractivity contribution is 7.89. The number of sulfonamides is 1. The van der Waals surface area contributed by atoms with Gasteiger partial charge >= 0.3 is 5.97 Å². The summed E-state index contributed by atoms with van der Waals surface area (Å²) in [7, 11) is -3.91. The SMILES string of the molecule is CCC(NS(=O)(=O)c1ccc(C#N)cc1C)C(=O)O. The normalized spacial score (nSPS) is 12.7. The van der Waals surface area contributed by atoms with Crippen molar-refractivity contribution in [2.75, 3.05) is 0 Å². The summed E-state index contributed by atoms with van der Waals surface area (Å²) in [6.45, 7) is 3.13. The largest absolute Gasteiger partial charge is 0.480 e. The number of carbonyl (C=O) groups is 1. The van der Waals surface area contributed by atoms with Crippen molar-refractivity contribution >= 4 is 16.0 Å². The Morgan fingerprint density at radius 1 is 1.53 bits per heavy atom. The zero-order chi connectivity index (χ0) is 14.6. The van der Waals surface area contributed by atoms with Crippen molar-refractivity contribution in [2.24, 2.45) is 0 Å². The molecule has 0 aliphatic carbocycles. The van der Waals surface area contributed by atoms with Gasteiger partial charge in [0, 0.05) is 0 Å². The summed E-state index contributed by atoms with van der Waals surface area (Å²) >= 11 is 0. The molecule has 1 unspecified atom stereocenters. The molecular formula is C12H14N2O4S. The van der Waals surface area contributed by atoms with Gasteiger partial charge in [-0.1, -0.05) is 6.92 Å². The number of carboxylic acids is 1. The van der Waals surface area contributed by atoms with E-state index in [4.69, 9.17) is 10.4 Å². The number of carboxylic acid groups (broad SMARTS) is 1. The predicted octanol–water partition coefficient (Wildman–Crippen LogP) is 1.01. The van der Waals surface area contributed by atoms with E-state index in [9.17, 15) is 13.2 Å². The van der Waals surface area contributed by atoms with E-state index >= 15 is 0 Å². The Hall–Kier alpha value is -1.91. The maximum Gasteiger partial charge on any atom is 0.321 e. The van der Waals surface area contributed by atoms with Crippen molar-refractivity contribution in [1.82, 2.24) is 4.72 Å². The molecule has 0 aliphatic rings. The highest BCUT2D eigenvalue weighted by Crippen LogP contribution is 2.17. The highest BCUT2D eigenvalue weighted by atomic mass is 32.2. The van der Waals surface area contributed by atoms with Crippen LogP contribution in [0.1, 0.15) is 24.5 Å². The fraction of sp³-hybridized carbons (Fsp3) is 0.333. The Labute approximate surface area is 111 Å². The van der Waals surface area contributed by atoms with Crippen LogP contribution in [0.15, 0.2) is 23.1 Å². The van der Waals surface area contributed by atoms with Crippen LogP contribution in [-0.4, -0.2) is 25.5 Å². The van der Waals surface area contributed by atoms with Crippen LogP contribution in [0.5, 0.6) is 0 Å². The number of hydrogen-bond acceptors (Lipinski definition) is 4. The number of rotatable bonds is 5. The second-order valence-electron chi connectivity index (χ2n) is 4.01. The average Bonchev–Trinajstić information content (AvgIpc) is 2.35. The van der Waals surface area contributed by atoms with Gasteiger partial charge in [0.05, 0.1) is 16.5 Å². The molecular weight excluding hydrogens is 268 g/mol. The topological polar surface area (TPSA) is 107 Å². The average molecular weight is 282 g/mol. The first-order valence-corrected chi connectivity index (χ1v) is 7.06. The van der Waals surface area contributed by atoms with Gasteiger partial charge in [0.1, 0.15) is 6.04 Å². The molecule has 0 saturated heterocycles. The van der Waals surface area contributed by atoms with Crippen molar-refractivity contribution in [2.45, 2.75) is 31.2 Å². The first-order valence-electron chi connectivity index (χ1n) is 5.57. The second kappa shape index (κ2) is 5.82. The minimum atomic E-state index is -3.91. The van der Waals surface area contributed by atoms with Crippen LogP contribution in [0.3, 0.4) is 0 Å². The quantitative estimate of drug-likeness (QED) is 0.838. The number of nitriles is 1. The van der Waals surface area contributed by atoms with Crippen LogP contribution in [-0.2, 0) is 14.8 Å². The summed E-state index contributed by atoms with van der Waals surface area (Å²) in [6.07, 6.45) is 0.143. The lowest BCUT2D eigenvalue weighted by molar-refractivity contribution is -0.139. The molecule has 0 radical (unpaired) electrons. The van der Waals surface area contributed by atoms with Crippen molar-refractivity contribution in [3.05, 3.63) is 29.3 Å². The van der Waals surface area contributed by atoms with Gasteiger partial charge in [-0.05, 0) is 37.1 Å². The van der Waals surface area contributed by atoms with Crippen LogP contribution < -0.4 is 4.72 Å². The van der Waals surface area contributed by atoms with Gasteiger partial charge < -0.3 is 5.11 Å². The minimum Gasteiger partial charge on any atom is -0.480 e. The van der Waals surface area contributed by atoms with Gasteiger partial charge in [0.15, 0.2) is 0 Å². The monoisotopic (exact) mass is 282 g/mol. The standard InChI is InChI=1S/C12H14N2O4S/c1-3-10(12(15)16)14-19(17,18)11-5-4-9(7-13)6-8(11)2/h4-6,10,14H,3H2,1-2H3,(H,15,16). The Balaban J connectivity index is 3.14. The summed E-state index contributed by atoms with van der Waals surface area (Å²) in [5, 5.41) is 17.6. The second-order valence-corrected chi connectivity index (χ2v) is 5.69. The molecule has 2 N–H and O–H groups in total. The van der Waals surface area contributed by atoms with E-state index in [2.05, 4.69) is 4.72 Å². The number of hydrogen-bond donors (Lipinski definition) is 2. The molecule has 0 bridgehead atoms. The first-order chi connectivity index (χ1) is 8.81. The lowest BCUT2D eigenvalue weighted by Gasteiger charge is -2.14. The van der Waals surface area contributed by atoms with Crippen molar-refractivity contribution in [1.29, 1.82) is 5.26 Å². The fourth-order valence-corrected chi connectivity index (χ4v) is 3.08.